The normalized spacial score (nSPS) is 11.2. The lowest BCUT2D eigenvalue weighted by molar-refractivity contribution is 0.432. The lowest BCUT2D eigenvalue weighted by atomic mass is 10.5. The van der Waals surface area contributed by atoms with Crippen LogP contribution in [0.3, 0.4) is 0 Å². The highest BCUT2D eigenvalue weighted by atomic mass is 16.3. The lowest BCUT2D eigenvalue weighted by Gasteiger charge is -1.78. The molecule has 1 nitrogen and oxygen atoms in total. The third kappa shape index (κ3) is 1.58. The predicted octanol–water partition coefficient (Wildman–Crippen LogP) is 1.63. The summed E-state index contributed by atoms with van der Waals surface area (Å²) in [6.07, 6.45) is 2.97. The molecule has 0 bridgehead atoms. The summed E-state index contributed by atoms with van der Waals surface area (Å²) < 4.78 is 0. The Balaban J connectivity index is 3.50. The zero-order valence-corrected chi connectivity index (χ0v) is 3.81. The fourth-order valence-electron chi connectivity index (χ4n) is 0.118. The maximum Gasteiger partial charge on any atom is 0.110 e. The molecule has 0 heterocycles. The fourth-order valence-corrected chi connectivity index (χ4v) is 0.118. The van der Waals surface area contributed by atoms with Crippen LogP contribution in [0.4, 0.5) is 0 Å². The minimum absolute atomic E-state index is 0.231. The quantitative estimate of drug-likeness (QED) is 0.378. The topological polar surface area (TPSA) is 20.2 Å². The van der Waals surface area contributed by atoms with Crippen LogP contribution in [0.2, 0.25) is 0 Å². The third-order valence-electron chi connectivity index (χ3n) is 0.505. The first-order valence-electron chi connectivity index (χ1n) is 1.79. The van der Waals surface area contributed by atoms with Crippen molar-refractivity contribution < 1.29 is 5.11 Å². The third-order valence-corrected chi connectivity index (χ3v) is 0.505. The van der Waals surface area contributed by atoms with Gasteiger partial charge in [-0.25, -0.2) is 0 Å². The molecule has 34 valence electrons. The van der Waals surface area contributed by atoms with Crippen molar-refractivity contribution in [2.45, 2.75) is 6.92 Å². The van der Waals surface area contributed by atoms with Crippen LogP contribution in [0.15, 0.2) is 24.5 Å². The number of hydrogen-bond donors (Lipinski definition) is 1. The molecule has 0 aliphatic carbocycles. The van der Waals surface area contributed by atoms with Gasteiger partial charge in [-0.05, 0) is 19.1 Å². The van der Waals surface area contributed by atoms with Gasteiger partial charge in [0.2, 0.25) is 0 Å². The molecule has 0 aliphatic heterocycles. The van der Waals surface area contributed by atoms with E-state index in [1.165, 1.54) is 6.08 Å². The molecule has 1 heteroatoms. The van der Waals surface area contributed by atoms with E-state index < -0.39 is 0 Å². The van der Waals surface area contributed by atoms with Crippen molar-refractivity contribution in [2.75, 3.05) is 0 Å². The molecule has 0 fully saturated rings. The van der Waals surface area contributed by atoms with Gasteiger partial charge in [0.05, 0.1) is 0 Å². The molecule has 0 spiro atoms. The summed E-state index contributed by atoms with van der Waals surface area (Å²) in [5.74, 6) is 0.231. The Labute approximate surface area is 37.6 Å². The SMILES string of the molecule is C=CC(O)=CC. The predicted molar refractivity (Wildman–Crippen MR) is 26.6 cm³/mol. The smallest absolute Gasteiger partial charge is 0.110 e. The molecule has 0 amide bonds. The summed E-state index contributed by atoms with van der Waals surface area (Å²) in [6, 6.07) is 0. The van der Waals surface area contributed by atoms with Gasteiger partial charge in [-0.15, -0.1) is 0 Å². The van der Waals surface area contributed by atoms with E-state index in [1.54, 1.807) is 13.0 Å². The molecule has 0 aliphatic rings. The molecule has 0 atom stereocenters. The summed E-state index contributed by atoms with van der Waals surface area (Å²) in [5, 5.41) is 8.41. The van der Waals surface area contributed by atoms with Crippen LogP contribution in [0.1, 0.15) is 6.92 Å². The van der Waals surface area contributed by atoms with Crippen LogP contribution in [-0.2, 0) is 0 Å². The van der Waals surface area contributed by atoms with Gasteiger partial charge in [-0.3, -0.25) is 0 Å². The minimum Gasteiger partial charge on any atom is -0.508 e. The molecule has 0 saturated carbocycles. The number of aliphatic hydroxyl groups excluding tert-OH is 1. The summed E-state index contributed by atoms with van der Waals surface area (Å²) in [6.45, 7) is 5.06. The second-order valence-electron chi connectivity index (χ2n) is 0.918. The maximum atomic E-state index is 8.41. The number of hydrogen-bond acceptors (Lipinski definition) is 1. The first-order chi connectivity index (χ1) is 2.81. The van der Waals surface area contributed by atoms with Gasteiger partial charge in [0.25, 0.3) is 0 Å². The van der Waals surface area contributed by atoms with Crippen molar-refractivity contribution in [1.29, 1.82) is 0 Å². The molecule has 1 N–H and O–H groups in total. The molecular weight excluding hydrogens is 76.1 g/mol. The van der Waals surface area contributed by atoms with Gasteiger partial charge in [0.1, 0.15) is 5.76 Å². The van der Waals surface area contributed by atoms with Crippen molar-refractivity contribution in [1.82, 2.24) is 0 Å². The van der Waals surface area contributed by atoms with Crippen molar-refractivity contribution in [2.24, 2.45) is 0 Å². The van der Waals surface area contributed by atoms with Gasteiger partial charge < -0.3 is 5.11 Å². The van der Waals surface area contributed by atoms with Gasteiger partial charge in [-0.2, -0.15) is 0 Å². The van der Waals surface area contributed by atoms with Crippen LogP contribution in [0.5, 0.6) is 0 Å². The number of aliphatic hydroxyl groups is 1. The Hall–Kier alpha value is -0.720. The van der Waals surface area contributed by atoms with E-state index in [-0.39, 0.29) is 5.76 Å². The molecule has 0 aromatic heterocycles. The summed E-state index contributed by atoms with van der Waals surface area (Å²) in [5.41, 5.74) is 0. The average Bonchev–Trinajstić information content (AvgIpc) is 1.65. The zero-order chi connectivity index (χ0) is 4.99. The summed E-state index contributed by atoms with van der Waals surface area (Å²) >= 11 is 0. The largest absolute Gasteiger partial charge is 0.508 e. The van der Waals surface area contributed by atoms with Crippen LogP contribution < -0.4 is 0 Å². The highest BCUT2D eigenvalue weighted by Gasteiger charge is 1.69. The van der Waals surface area contributed by atoms with Crippen LogP contribution in [-0.4, -0.2) is 5.11 Å². The zero-order valence-electron chi connectivity index (χ0n) is 3.81. The van der Waals surface area contributed by atoms with E-state index in [2.05, 4.69) is 6.58 Å². The first-order valence-corrected chi connectivity index (χ1v) is 1.79. The van der Waals surface area contributed by atoms with Crippen molar-refractivity contribution in [3.8, 4) is 0 Å². The van der Waals surface area contributed by atoms with Crippen LogP contribution in [0, 0.1) is 0 Å². The molecular formula is C5H8O. The van der Waals surface area contributed by atoms with Crippen molar-refractivity contribution >= 4 is 0 Å². The van der Waals surface area contributed by atoms with Gasteiger partial charge >= 0.3 is 0 Å². The molecule has 0 rings (SSSR count). The second kappa shape index (κ2) is 2.51. The van der Waals surface area contributed by atoms with Crippen molar-refractivity contribution in [3.63, 3.8) is 0 Å². The molecule has 0 aromatic rings. The molecule has 0 radical (unpaired) electrons. The summed E-state index contributed by atoms with van der Waals surface area (Å²) in [4.78, 5) is 0. The van der Waals surface area contributed by atoms with E-state index in [1.807, 2.05) is 0 Å². The van der Waals surface area contributed by atoms with E-state index >= 15 is 0 Å². The Bertz CT molecular complexity index is 72.0. The Morgan fingerprint density at radius 3 is 2.33 bits per heavy atom. The molecule has 0 aromatic carbocycles. The van der Waals surface area contributed by atoms with Gasteiger partial charge in [-0.1, -0.05) is 6.58 Å². The number of allylic oxidation sites excluding steroid dienone is 2. The lowest BCUT2D eigenvalue weighted by Crippen LogP contribution is -1.64. The standard InChI is InChI=1S/C5H8O/c1-3-5(6)4-2/h3-4,6H,1H2,2H3. The van der Waals surface area contributed by atoms with Crippen LogP contribution >= 0.6 is 0 Å². The first kappa shape index (κ1) is 5.28. The molecule has 6 heavy (non-hydrogen) atoms. The van der Waals surface area contributed by atoms with Crippen molar-refractivity contribution in [3.05, 3.63) is 24.5 Å². The Kier molecular flexibility index (Phi) is 2.21. The molecule has 0 saturated heterocycles. The van der Waals surface area contributed by atoms with Gasteiger partial charge in [0.15, 0.2) is 0 Å². The average molecular weight is 84.1 g/mol. The minimum atomic E-state index is 0.231. The highest BCUT2D eigenvalue weighted by Crippen LogP contribution is 1.83. The Morgan fingerprint density at radius 2 is 2.33 bits per heavy atom. The fraction of sp³-hybridized carbons (Fsp3) is 0.200. The van der Waals surface area contributed by atoms with Crippen LogP contribution in [0.25, 0.3) is 0 Å². The Morgan fingerprint density at radius 1 is 1.83 bits per heavy atom. The van der Waals surface area contributed by atoms with E-state index in [4.69, 9.17) is 5.11 Å². The van der Waals surface area contributed by atoms with E-state index in [9.17, 15) is 0 Å². The second-order valence-corrected chi connectivity index (χ2v) is 0.918. The maximum absolute atomic E-state index is 8.41. The summed E-state index contributed by atoms with van der Waals surface area (Å²) in [7, 11) is 0. The highest BCUT2D eigenvalue weighted by molar-refractivity contribution is 5.04. The monoisotopic (exact) mass is 84.1 g/mol. The van der Waals surface area contributed by atoms with Gasteiger partial charge in [0, 0.05) is 0 Å². The number of rotatable bonds is 1. The molecule has 0 unspecified atom stereocenters. The van der Waals surface area contributed by atoms with E-state index in [0.717, 1.165) is 0 Å². The van der Waals surface area contributed by atoms with E-state index in [0.29, 0.717) is 0 Å².